The van der Waals surface area contributed by atoms with E-state index in [1.165, 1.54) is 32.1 Å². The molecule has 3 aliphatic carbocycles. The highest BCUT2D eigenvalue weighted by Gasteiger charge is 2.38. The summed E-state index contributed by atoms with van der Waals surface area (Å²) in [5, 5.41) is 0. The van der Waals surface area contributed by atoms with Gasteiger partial charge in [-0.05, 0) is 92.3 Å². The number of hydrogen-bond acceptors (Lipinski definition) is 0. The van der Waals surface area contributed by atoms with Crippen molar-refractivity contribution in [3.63, 3.8) is 0 Å². The van der Waals surface area contributed by atoms with Gasteiger partial charge in [-0.2, -0.15) is 0 Å². The average Bonchev–Trinajstić information content (AvgIpc) is 2.60. The van der Waals surface area contributed by atoms with Crippen LogP contribution in [0, 0.1) is 47.3 Å². The molecule has 3 fully saturated rings. The molecule has 3 saturated carbocycles. The Bertz CT molecular complexity index is 343. The lowest BCUT2D eigenvalue weighted by Crippen LogP contribution is -2.36. The lowest BCUT2D eigenvalue weighted by Gasteiger charge is -2.45. The second-order valence-electron chi connectivity index (χ2n) is 9.80. The van der Waals surface area contributed by atoms with Crippen LogP contribution in [0.25, 0.3) is 0 Å². The highest BCUT2D eigenvalue weighted by Crippen LogP contribution is 2.48. The molecule has 0 N–H and O–H groups in total. The Balaban J connectivity index is 1.47. The fraction of sp³-hybridized carbons (Fsp3) is 1.00. The van der Waals surface area contributed by atoms with Crippen LogP contribution in [0.2, 0.25) is 0 Å². The molecule has 0 bridgehead atoms. The zero-order chi connectivity index (χ0) is 16.4. The van der Waals surface area contributed by atoms with Crippen LogP contribution in [0.3, 0.4) is 0 Å². The molecule has 0 aromatic heterocycles. The van der Waals surface area contributed by atoms with Gasteiger partial charge < -0.3 is 0 Å². The maximum absolute atomic E-state index is 2.57. The smallest absolute Gasteiger partial charge is 0.0357 e. The van der Waals surface area contributed by atoms with Crippen LogP contribution in [0.1, 0.15) is 98.3 Å². The van der Waals surface area contributed by atoms with Gasteiger partial charge in [-0.1, -0.05) is 53.4 Å². The molecule has 0 aromatic carbocycles. The minimum absolute atomic E-state index is 0.954. The van der Waals surface area contributed by atoms with Gasteiger partial charge in [0.25, 0.3) is 0 Å². The van der Waals surface area contributed by atoms with Crippen molar-refractivity contribution >= 4 is 0 Å². The lowest BCUT2D eigenvalue weighted by atomic mass is 9.60. The van der Waals surface area contributed by atoms with E-state index in [9.17, 15) is 0 Å². The van der Waals surface area contributed by atoms with Crippen molar-refractivity contribution in [3.8, 4) is 0 Å². The molecule has 3 rings (SSSR count). The Morgan fingerprint density at radius 2 is 1.09 bits per heavy atom. The quantitative estimate of drug-likeness (QED) is 0.511. The van der Waals surface area contributed by atoms with Gasteiger partial charge in [0, 0.05) is 0 Å². The summed E-state index contributed by atoms with van der Waals surface area (Å²) in [6, 6.07) is 0. The number of rotatable bonds is 3. The summed E-state index contributed by atoms with van der Waals surface area (Å²) < 4.78 is 0. The van der Waals surface area contributed by atoms with Crippen LogP contribution < -0.4 is 0 Å². The van der Waals surface area contributed by atoms with E-state index >= 15 is 0 Å². The monoisotopic (exact) mass is 318 g/mol. The van der Waals surface area contributed by atoms with Crippen LogP contribution in [0.5, 0.6) is 0 Å². The fourth-order valence-electron chi connectivity index (χ4n) is 6.67. The third kappa shape index (κ3) is 3.98. The van der Waals surface area contributed by atoms with Crippen LogP contribution in [0.4, 0.5) is 0 Å². The van der Waals surface area contributed by atoms with Gasteiger partial charge in [-0.25, -0.2) is 0 Å². The molecule has 0 radical (unpaired) electrons. The second kappa shape index (κ2) is 7.92. The fourth-order valence-corrected chi connectivity index (χ4v) is 6.67. The molecule has 0 heteroatoms. The van der Waals surface area contributed by atoms with Crippen LogP contribution in [-0.2, 0) is 0 Å². The summed E-state index contributed by atoms with van der Waals surface area (Å²) in [6.07, 6.45) is 16.9. The molecule has 23 heavy (non-hydrogen) atoms. The Labute approximate surface area is 146 Å². The first kappa shape index (κ1) is 17.8. The van der Waals surface area contributed by atoms with E-state index in [1.54, 1.807) is 38.5 Å². The molecule has 4 unspecified atom stereocenters. The third-order valence-electron chi connectivity index (χ3n) is 8.92. The first-order valence-electron chi connectivity index (χ1n) is 11.1. The minimum Gasteiger partial charge on any atom is -0.0651 e. The molecule has 0 aromatic rings. The molecule has 0 heterocycles. The lowest BCUT2D eigenvalue weighted by molar-refractivity contribution is 0.0463. The summed E-state index contributed by atoms with van der Waals surface area (Å²) in [5.74, 6) is 8.28. The molecule has 0 nitrogen and oxygen atoms in total. The van der Waals surface area contributed by atoms with Gasteiger partial charge in [-0.15, -0.1) is 0 Å². The van der Waals surface area contributed by atoms with Crippen LogP contribution in [0.15, 0.2) is 0 Å². The molecule has 0 saturated heterocycles. The van der Waals surface area contributed by atoms with Crippen molar-refractivity contribution in [1.29, 1.82) is 0 Å². The van der Waals surface area contributed by atoms with E-state index in [-0.39, 0.29) is 0 Å². The molecular formula is C23H42. The SMILES string of the molecule is CCC1CCC(C2CCC(C3CCC(C)C(C)C3C)CC2)CC1. The molecule has 0 aliphatic heterocycles. The Kier molecular flexibility index (Phi) is 6.13. The van der Waals surface area contributed by atoms with E-state index in [2.05, 4.69) is 27.7 Å². The average molecular weight is 319 g/mol. The predicted molar refractivity (Wildman–Crippen MR) is 101 cm³/mol. The van der Waals surface area contributed by atoms with Crippen molar-refractivity contribution in [3.05, 3.63) is 0 Å². The van der Waals surface area contributed by atoms with E-state index < -0.39 is 0 Å². The summed E-state index contributed by atoms with van der Waals surface area (Å²) in [5.41, 5.74) is 0. The predicted octanol–water partition coefficient (Wildman–Crippen LogP) is 7.33. The summed E-state index contributed by atoms with van der Waals surface area (Å²) in [4.78, 5) is 0. The van der Waals surface area contributed by atoms with Gasteiger partial charge in [0.2, 0.25) is 0 Å². The first-order chi connectivity index (χ1) is 11.1. The topological polar surface area (TPSA) is 0 Å². The highest BCUT2D eigenvalue weighted by molar-refractivity contribution is 4.89. The highest BCUT2D eigenvalue weighted by atomic mass is 14.4. The Morgan fingerprint density at radius 1 is 0.565 bits per heavy atom. The largest absolute Gasteiger partial charge is 0.0651 e. The van der Waals surface area contributed by atoms with Crippen molar-refractivity contribution in [2.24, 2.45) is 47.3 Å². The maximum Gasteiger partial charge on any atom is -0.0357 e. The second-order valence-corrected chi connectivity index (χ2v) is 9.80. The van der Waals surface area contributed by atoms with E-state index in [1.807, 2.05) is 0 Å². The molecule has 134 valence electrons. The van der Waals surface area contributed by atoms with Gasteiger partial charge in [0.15, 0.2) is 0 Å². The molecular weight excluding hydrogens is 276 g/mol. The van der Waals surface area contributed by atoms with Crippen molar-refractivity contribution < 1.29 is 0 Å². The van der Waals surface area contributed by atoms with Gasteiger partial charge in [0.05, 0.1) is 0 Å². The zero-order valence-corrected chi connectivity index (χ0v) is 16.4. The van der Waals surface area contributed by atoms with Crippen molar-refractivity contribution in [2.45, 2.75) is 98.3 Å². The molecule has 0 amide bonds. The van der Waals surface area contributed by atoms with E-state index in [4.69, 9.17) is 0 Å². The molecule has 0 spiro atoms. The van der Waals surface area contributed by atoms with E-state index in [0.29, 0.717) is 0 Å². The van der Waals surface area contributed by atoms with Gasteiger partial charge in [0.1, 0.15) is 0 Å². The minimum atomic E-state index is 0.954. The maximum atomic E-state index is 2.57. The summed E-state index contributed by atoms with van der Waals surface area (Å²) >= 11 is 0. The standard InChI is InChI=1S/C23H42/c1-5-19-7-9-20(10-8-19)21-11-13-22(14-12-21)23-15-6-16(2)17(3)18(23)4/h16-23H,5-15H2,1-4H3. The summed E-state index contributed by atoms with van der Waals surface area (Å²) in [6.45, 7) is 9.98. The van der Waals surface area contributed by atoms with Crippen LogP contribution >= 0.6 is 0 Å². The van der Waals surface area contributed by atoms with Gasteiger partial charge >= 0.3 is 0 Å². The zero-order valence-electron chi connectivity index (χ0n) is 16.4. The Hall–Kier alpha value is 0. The number of hydrogen-bond donors (Lipinski definition) is 0. The van der Waals surface area contributed by atoms with Crippen molar-refractivity contribution in [2.75, 3.05) is 0 Å². The molecule has 3 aliphatic rings. The van der Waals surface area contributed by atoms with Gasteiger partial charge in [-0.3, -0.25) is 0 Å². The summed E-state index contributed by atoms with van der Waals surface area (Å²) in [7, 11) is 0. The first-order valence-corrected chi connectivity index (χ1v) is 11.1. The van der Waals surface area contributed by atoms with Crippen molar-refractivity contribution in [1.82, 2.24) is 0 Å². The third-order valence-corrected chi connectivity index (χ3v) is 8.92. The molecule has 4 atom stereocenters. The normalized spacial score (nSPS) is 49.0. The van der Waals surface area contributed by atoms with Crippen LogP contribution in [-0.4, -0.2) is 0 Å². The Morgan fingerprint density at radius 3 is 1.65 bits per heavy atom. The van der Waals surface area contributed by atoms with E-state index in [0.717, 1.165) is 47.3 Å².